The lowest BCUT2D eigenvalue weighted by atomic mass is 10.4. The van der Waals surface area contributed by atoms with E-state index in [1.54, 1.807) is 6.07 Å². The van der Waals surface area contributed by atoms with Crippen molar-refractivity contribution in [3.63, 3.8) is 0 Å². The number of rotatable bonds is 0. The molecule has 13 heavy (non-hydrogen) atoms. The zero-order valence-electron chi connectivity index (χ0n) is 6.37. The first-order valence-corrected chi connectivity index (χ1v) is 4.26. The van der Waals surface area contributed by atoms with Gasteiger partial charge in [0.25, 0.3) is 5.56 Å². The van der Waals surface area contributed by atoms with E-state index in [0.29, 0.717) is 15.7 Å². The fourth-order valence-electron chi connectivity index (χ4n) is 1.07. The van der Waals surface area contributed by atoms with Gasteiger partial charge in [0.2, 0.25) is 0 Å². The quantitative estimate of drug-likeness (QED) is 0.673. The van der Waals surface area contributed by atoms with E-state index in [1.807, 2.05) is 0 Å². The minimum atomic E-state index is -0.200. The van der Waals surface area contributed by atoms with Crippen LogP contribution >= 0.6 is 23.2 Å². The maximum absolute atomic E-state index is 11.3. The lowest BCUT2D eigenvalue weighted by molar-refractivity contribution is 1.05. The van der Waals surface area contributed by atoms with Gasteiger partial charge in [0, 0.05) is 18.5 Å². The Balaban J connectivity index is 3.03. The molecule has 0 radical (unpaired) electrons. The lowest BCUT2D eigenvalue weighted by Gasteiger charge is -2.00. The topological polar surface area (TPSA) is 34.4 Å². The SMILES string of the molecule is O=c1ccnc2c(Cl)cc(Cl)cn12. The Morgan fingerprint density at radius 2 is 2.15 bits per heavy atom. The van der Waals surface area contributed by atoms with Crippen molar-refractivity contribution in [2.45, 2.75) is 0 Å². The molecule has 0 amide bonds. The highest BCUT2D eigenvalue weighted by Crippen LogP contribution is 2.18. The van der Waals surface area contributed by atoms with Gasteiger partial charge in [-0.2, -0.15) is 0 Å². The van der Waals surface area contributed by atoms with Crippen molar-refractivity contribution >= 4 is 28.8 Å². The van der Waals surface area contributed by atoms with E-state index in [2.05, 4.69) is 4.98 Å². The summed E-state index contributed by atoms with van der Waals surface area (Å²) >= 11 is 11.6. The van der Waals surface area contributed by atoms with Gasteiger partial charge in [-0.05, 0) is 6.07 Å². The summed E-state index contributed by atoms with van der Waals surface area (Å²) in [6.07, 6.45) is 2.90. The van der Waals surface area contributed by atoms with E-state index >= 15 is 0 Å². The Hall–Kier alpha value is -1.06. The van der Waals surface area contributed by atoms with Crippen LogP contribution < -0.4 is 5.56 Å². The first kappa shape index (κ1) is 8.53. The zero-order chi connectivity index (χ0) is 9.42. The molecule has 3 nitrogen and oxygen atoms in total. The summed E-state index contributed by atoms with van der Waals surface area (Å²) in [6, 6.07) is 2.89. The number of pyridine rings is 1. The number of aromatic nitrogens is 2. The molecule has 5 heteroatoms. The van der Waals surface area contributed by atoms with Crippen molar-refractivity contribution < 1.29 is 0 Å². The number of fused-ring (bicyclic) bond motifs is 1. The largest absolute Gasteiger partial charge is 0.269 e. The molecule has 0 aromatic carbocycles. The molecule has 0 spiro atoms. The first-order chi connectivity index (χ1) is 6.18. The van der Waals surface area contributed by atoms with Gasteiger partial charge in [0.05, 0.1) is 10.0 Å². The molecule has 0 aliphatic rings. The fraction of sp³-hybridized carbons (Fsp3) is 0. The summed E-state index contributed by atoms with van der Waals surface area (Å²) in [4.78, 5) is 15.2. The fourth-order valence-corrected chi connectivity index (χ4v) is 1.59. The average Bonchev–Trinajstić information content (AvgIpc) is 2.07. The zero-order valence-corrected chi connectivity index (χ0v) is 7.88. The van der Waals surface area contributed by atoms with Crippen molar-refractivity contribution in [2.75, 3.05) is 0 Å². The monoisotopic (exact) mass is 214 g/mol. The Kier molecular flexibility index (Phi) is 1.98. The van der Waals surface area contributed by atoms with E-state index < -0.39 is 0 Å². The van der Waals surface area contributed by atoms with E-state index in [0.717, 1.165) is 0 Å². The molecule has 2 rings (SSSR count). The summed E-state index contributed by atoms with van der Waals surface area (Å²) in [5.41, 5.74) is 0.216. The number of hydrogen-bond donors (Lipinski definition) is 0. The van der Waals surface area contributed by atoms with E-state index in [1.165, 1.54) is 22.9 Å². The molecule has 0 atom stereocenters. The van der Waals surface area contributed by atoms with E-state index in [-0.39, 0.29) is 5.56 Å². The molecule has 0 fully saturated rings. The number of halogens is 2. The third-order valence-electron chi connectivity index (χ3n) is 1.61. The summed E-state index contributed by atoms with van der Waals surface area (Å²) in [7, 11) is 0. The third kappa shape index (κ3) is 1.41. The van der Waals surface area contributed by atoms with Gasteiger partial charge in [-0.1, -0.05) is 23.2 Å². The molecular weight excluding hydrogens is 211 g/mol. The molecule has 0 N–H and O–H groups in total. The van der Waals surface area contributed by atoms with Crippen molar-refractivity contribution in [3.8, 4) is 0 Å². The summed E-state index contributed by atoms with van der Waals surface area (Å²) in [5, 5.41) is 0.776. The van der Waals surface area contributed by atoms with Crippen LogP contribution in [0.2, 0.25) is 10.0 Å². The molecule has 0 bridgehead atoms. The number of nitrogens with zero attached hydrogens (tertiary/aromatic N) is 2. The van der Waals surface area contributed by atoms with Crippen LogP contribution in [0.3, 0.4) is 0 Å². The Morgan fingerprint density at radius 3 is 2.92 bits per heavy atom. The Labute approximate surface area is 83.5 Å². The molecule has 0 unspecified atom stereocenters. The van der Waals surface area contributed by atoms with Crippen LogP contribution in [0.25, 0.3) is 5.65 Å². The predicted molar refractivity (Wildman–Crippen MR) is 51.5 cm³/mol. The van der Waals surface area contributed by atoms with Crippen LogP contribution in [-0.4, -0.2) is 9.38 Å². The lowest BCUT2D eigenvalue weighted by Crippen LogP contribution is -2.12. The molecule has 66 valence electrons. The van der Waals surface area contributed by atoms with Crippen LogP contribution in [0, 0.1) is 0 Å². The third-order valence-corrected chi connectivity index (χ3v) is 2.10. The summed E-state index contributed by atoms with van der Waals surface area (Å²) < 4.78 is 1.31. The predicted octanol–water partition coefficient (Wildman–Crippen LogP) is 2.00. The molecule has 0 saturated carbocycles. The highest BCUT2D eigenvalue weighted by Gasteiger charge is 2.02. The summed E-state index contributed by atoms with van der Waals surface area (Å²) in [5.74, 6) is 0. The van der Waals surface area contributed by atoms with Gasteiger partial charge >= 0.3 is 0 Å². The van der Waals surface area contributed by atoms with Gasteiger partial charge in [-0.3, -0.25) is 9.20 Å². The molecule has 0 aliphatic heterocycles. The minimum absolute atomic E-state index is 0.200. The minimum Gasteiger partial charge on any atom is -0.269 e. The van der Waals surface area contributed by atoms with Gasteiger partial charge in [-0.25, -0.2) is 4.98 Å². The van der Waals surface area contributed by atoms with Crippen molar-refractivity contribution in [3.05, 3.63) is 44.9 Å². The smallest absolute Gasteiger partial charge is 0.257 e. The van der Waals surface area contributed by atoms with E-state index in [9.17, 15) is 4.79 Å². The standard InChI is InChI=1S/C8H4Cl2N2O/c9-5-3-6(10)8-11-2-1-7(13)12(8)4-5/h1-4H. The molecule has 0 saturated heterocycles. The van der Waals surface area contributed by atoms with Gasteiger partial charge in [-0.15, -0.1) is 0 Å². The van der Waals surface area contributed by atoms with Crippen molar-refractivity contribution in [2.24, 2.45) is 0 Å². The highest BCUT2D eigenvalue weighted by molar-refractivity contribution is 6.36. The van der Waals surface area contributed by atoms with Crippen LogP contribution in [0.1, 0.15) is 0 Å². The van der Waals surface area contributed by atoms with Gasteiger partial charge in [0.15, 0.2) is 5.65 Å². The Bertz CT molecular complexity index is 521. The normalized spacial score (nSPS) is 10.6. The number of hydrogen-bond acceptors (Lipinski definition) is 2. The Morgan fingerprint density at radius 1 is 1.38 bits per heavy atom. The molecule has 0 aliphatic carbocycles. The molecule has 2 aromatic rings. The second kappa shape index (κ2) is 3.01. The van der Waals surface area contributed by atoms with Crippen LogP contribution in [0.5, 0.6) is 0 Å². The first-order valence-electron chi connectivity index (χ1n) is 3.51. The highest BCUT2D eigenvalue weighted by atomic mass is 35.5. The van der Waals surface area contributed by atoms with Crippen LogP contribution in [0.4, 0.5) is 0 Å². The van der Waals surface area contributed by atoms with Crippen LogP contribution in [0.15, 0.2) is 29.3 Å². The van der Waals surface area contributed by atoms with Crippen LogP contribution in [-0.2, 0) is 0 Å². The molecular formula is C8H4Cl2N2O. The second-order valence-electron chi connectivity index (χ2n) is 2.48. The summed E-state index contributed by atoms with van der Waals surface area (Å²) in [6.45, 7) is 0. The molecule has 2 aromatic heterocycles. The maximum atomic E-state index is 11.3. The van der Waals surface area contributed by atoms with Crippen molar-refractivity contribution in [1.82, 2.24) is 9.38 Å². The maximum Gasteiger partial charge on any atom is 0.257 e. The molecule has 2 heterocycles. The average molecular weight is 215 g/mol. The van der Waals surface area contributed by atoms with E-state index in [4.69, 9.17) is 23.2 Å². The van der Waals surface area contributed by atoms with Crippen molar-refractivity contribution in [1.29, 1.82) is 0 Å². The van der Waals surface area contributed by atoms with Gasteiger partial charge in [0.1, 0.15) is 0 Å². The van der Waals surface area contributed by atoms with Gasteiger partial charge < -0.3 is 0 Å². The second-order valence-corrected chi connectivity index (χ2v) is 3.33.